The van der Waals surface area contributed by atoms with Crippen molar-refractivity contribution < 1.29 is 4.79 Å². The van der Waals surface area contributed by atoms with E-state index in [-0.39, 0.29) is 17.9 Å². The summed E-state index contributed by atoms with van der Waals surface area (Å²) in [5, 5.41) is 3.22. The first-order valence-electron chi connectivity index (χ1n) is 9.34. The second-order valence-electron chi connectivity index (χ2n) is 7.91. The molecule has 1 aromatic heterocycles. The lowest BCUT2D eigenvalue weighted by molar-refractivity contribution is -0.121. The van der Waals surface area contributed by atoms with E-state index in [1.807, 2.05) is 0 Å². The Kier molecular flexibility index (Phi) is 5.49. The Hall–Kier alpha value is -3.15. The lowest BCUT2D eigenvalue weighted by Crippen LogP contribution is -2.36. The van der Waals surface area contributed by atoms with E-state index in [1.54, 1.807) is 24.3 Å². The second-order valence-corrected chi connectivity index (χ2v) is 7.91. The van der Waals surface area contributed by atoms with Gasteiger partial charge in [0, 0.05) is 6.54 Å². The van der Waals surface area contributed by atoms with Gasteiger partial charge in [-0.2, -0.15) is 0 Å². The largest absolute Gasteiger partial charge is 0.354 e. The molecule has 3 aromatic rings. The molecule has 0 atom stereocenters. The molecule has 0 saturated carbocycles. The van der Waals surface area contributed by atoms with Crippen molar-refractivity contribution in [3.8, 4) is 0 Å². The van der Waals surface area contributed by atoms with Gasteiger partial charge in [-0.3, -0.25) is 19.1 Å². The molecule has 0 aliphatic carbocycles. The molecule has 0 radical (unpaired) electrons. The average molecular weight is 379 g/mol. The third-order valence-electron chi connectivity index (χ3n) is 4.76. The molecule has 6 nitrogen and oxygen atoms in total. The van der Waals surface area contributed by atoms with E-state index in [0.717, 1.165) is 5.56 Å². The molecular weight excluding hydrogens is 354 g/mol. The van der Waals surface area contributed by atoms with E-state index >= 15 is 0 Å². The molecule has 146 valence electrons. The predicted molar refractivity (Wildman–Crippen MR) is 111 cm³/mol. The van der Waals surface area contributed by atoms with Crippen LogP contribution in [-0.2, 0) is 23.2 Å². The number of benzene rings is 2. The van der Waals surface area contributed by atoms with Gasteiger partial charge in [0.15, 0.2) is 0 Å². The number of H-pyrrole nitrogens is 1. The van der Waals surface area contributed by atoms with Crippen molar-refractivity contribution in [3.05, 3.63) is 80.5 Å². The number of fused-ring (bicyclic) bond motifs is 1. The van der Waals surface area contributed by atoms with E-state index < -0.39 is 11.2 Å². The minimum atomic E-state index is -0.586. The van der Waals surface area contributed by atoms with Gasteiger partial charge < -0.3 is 5.32 Å². The molecule has 0 saturated heterocycles. The van der Waals surface area contributed by atoms with Crippen LogP contribution in [0, 0.1) is 0 Å². The zero-order chi connectivity index (χ0) is 20.3. The molecule has 3 rings (SSSR count). The van der Waals surface area contributed by atoms with Gasteiger partial charge in [-0.25, -0.2) is 4.79 Å². The van der Waals surface area contributed by atoms with Crippen LogP contribution >= 0.6 is 0 Å². The van der Waals surface area contributed by atoms with Crippen molar-refractivity contribution in [2.24, 2.45) is 0 Å². The van der Waals surface area contributed by atoms with Crippen molar-refractivity contribution >= 4 is 16.8 Å². The lowest BCUT2D eigenvalue weighted by atomic mass is 9.86. The number of aromatic amines is 1. The molecule has 0 spiro atoms. The molecule has 0 bridgehead atoms. The first-order chi connectivity index (χ1) is 13.3. The monoisotopic (exact) mass is 379 g/mol. The van der Waals surface area contributed by atoms with E-state index in [4.69, 9.17) is 0 Å². The number of carbonyl (C=O) groups excluding carboxylic acids is 1. The third-order valence-corrected chi connectivity index (χ3v) is 4.76. The van der Waals surface area contributed by atoms with Gasteiger partial charge in [0.2, 0.25) is 5.91 Å². The minimum absolute atomic E-state index is 0.111. The maximum Gasteiger partial charge on any atom is 0.329 e. The average Bonchev–Trinajstić information content (AvgIpc) is 2.65. The SMILES string of the molecule is CC(C)(C)c1ccc(CCNC(=O)Cn2c(=O)[nH]c(=O)c3ccccc32)cc1. The molecule has 0 fully saturated rings. The Labute approximate surface area is 163 Å². The van der Waals surface area contributed by atoms with E-state index in [0.29, 0.717) is 23.9 Å². The van der Waals surface area contributed by atoms with Crippen molar-refractivity contribution in [2.45, 2.75) is 39.2 Å². The van der Waals surface area contributed by atoms with Gasteiger partial charge in [0.25, 0.3) is 5.56 Å². The Balaban J connectivity index is 1.63. The molecule has 28 heavy (non-hydrogen) atoms. The highest BCUT2D eigenvalue weighted by Gasteiger charge is 2.13. The summed E-state index contributed by atoms with van der Waals surface area (Å²) in [5.74, 6) is -0.273. The third kappa shape index (κ3) is 4.39. The van der Waals surface area contributed by atoms with E-state index in [1.165, 1.54) is 10.1 Å². The molecule has 1 heterocycles. The standard InChI is InChI=1S/C22H25N3O3/c1-22(2,3)16-10-8-15(9-11-16)12-13-23-19(26)14-25-18-7-5-4-6-17(18)20(27)24-21(25)28/h4-11H,12-14H2,1-3H3,(H,23,26)(H,24,27,28). The summed E-state index contributed by atoms with van der Waals surface area (Å²) in [7, 11) is 0. The number of hydrogen-bond donors (Lipinski definition) is 2. The number of nitrogens with one attached hydrogen (secondary N) is 2. The van der Waals surface area contributed by atoms with Crippen LogP contribution in [0.3, 0.4) is 0 Å². The Morgan fingerprint density at radius 1 is 1.04 bits per heavy atom. The topological polar surface area (TPSA) is 84.0 Å². The first-order valence-corrected chi connectivity index (χ1v) is 9.34. The maximum atomic E-state index is 12.3. The smallest absolute Gasteiger partial charge is 0.329 e. The first kappa shape index (κ1) is 19.6. The number of hydrogen-bond acceptors (Lipinski definition) is 3. The molecule has 1 amide bonds. The Morgan fingerprint density at radius 3 is 2.39 bits per heavy atom. The second kappa shape index (κ2) is 7.84. The summed E-state index contributed by atoms with van der Waals surface area (Å²) in [6.07, 6.45) is 0.706. The molecule has 0 aliphatic heterocycles. The number of aromatic nitrogens is 2. The summed E-state index contributed by atoms with van der Waals surface area (Å²) in [4.78, 5) is 38.6. The van der Waals surface area contributed by atoms with Gasteiger partial charge in [-0.1, -0.05) is 57.2 Å². The summed E-state index contributed by atoms with van der Waals surface area (Å²) in [6.45, 7) is 6.85. The van der Waals surface area contributed by atoms with E-state index in [9.17, 15) is 14.4 Å². The maximum absolute atomic E-state index is 12.3. The quantitative estimate of drug-likeness (QED) is 0.714. The van der Waals surface area contributed by atoms with Crippen LogP contribution in [0.1, 0.15) is 31.9 Å². The number of nitrogens with zero attached hydrogens (tertiary/aromatic N) is 1. The Morgan fingerprint density at radius 2 is 1.71 bits per heavy atom. The van der Waals surface area contributed by atoms with Crippen LogP contribution in [0.4, 0.5) is 0 Å². The predicted octanol–water partition coefficient (Wildman–Crippen LogP) is 2.35. The van der Waals surface area contributed by atoms with Gasteiger partial charge in [-0.05, 0) is 35.1 Å². The molecule has 6 heteroatoms. The van der Waals surface area contributed by atoms with Crippen LogP contribution in [0.2, 0.25) is 0 Å². The van der Waals surface area contributed by atoms with E-state index in [2.05, 4.69) is 55.3 Å². The fourth-order valence-corrected chi connectivity index (χ4v) is 3.12. The molecule has 2 N–H and O–H groups in total. The number of amides is 1. The number of para-hydroxylation sites is 1. The molecule has 0 aliphatic rings. The summed E-state index contributed by atoms with van der Waals surface area (Å²) >= 11 is 0. The van der Waals surface area contributed by atoms with Crippen LogP contribution in [-0.4, -0.2) is 22.0 Å². The molecule has 0 unspecified atom stereocenters. The normalized spacial score (nSPS) is 11.5. The lowest BCUT2D eigenvalue weighted by Gasteiger charge is -2.19. The van der Waals surface area contributed by atoms with Crippen molar-refractivity contribution in [3.63, 3.8) is 0 Å². The van der Waals surface area contributed by atoms with Crippen molar-refractivity contribution in [1.29, 1.82) is 0 Å². The fourth-order valence-electron chi connectivity index (χ4n) is 3.12. The van der Waals surface area contributed by atoms with Crippen molar-refractivity contribution in [1.82, 2.24) is 14.9 Å². The van der Waals surface area contributed by atoms with Crippen LogP contribution in [0.5, 0.6) is 0 Å². The molecular formula is C22H25N3O3. The highest BCUT2D eigenvalue weighted by Crippen LogP contribution is 2.22. The van der Waals surface area contributed by atoms with Crippen LogP contribution < -0.4 is 16.6 Å². The zero-order valence-electron chi connectivity index (χ0n) is 16.4. The van der Waals surface area contributed by atoms with Gasteiger partial charge in [0.1, 0.15) is 6.54 Å². The van der Waals surface area contributed by atoms with Gasteiger partial charge >= 0.3 is 5.69 Å². The fraction of sp³-hybridized carbons (Fsp3) is 0.318. The highest BCUT2D eigenvalue weighted by molar-refractivity contribution is 5.81. The highest BCUT2D eigenvalue weighted by atomic mass is 16.2. The minimum Gasteiger partial charge on any atom is -0.354 e. The summed E-state index contributed by atoms with van der Waals surface area (Å²) < 4.78 is 1.28. The zero-order valence-corrected chi connectivity index (χ0v) is 16.4. The summed E-state index contributed by atoms with van der Waals surface area (Å²) in [5.41, 5.74) is 1.93. The number of rotatable bonds is 5. The summed E-state index contributed by atoms with van der Waals surface area (Å²) in [6, 6.07) is 15.1. The molecule has 2 aromatic carbocycles. The Bertz CT molecular complexity index is 1100. The van der Waals surface area contributed by atoms with Crippen LogP contribution in [0.15, 0.2) is 58.1 Å². The van der Waals surface area contributed by atoms with Crippen molar-refractivity contribution in [2.75, 3.05) is 6.54 Å². The van der Waals surface area contributed by atoms with Gasteiger partial charge in [0.05, 0.1) is 10.9 Å². The van der Waals surface area contributed by atoms with Gasteiger partial charge in [-0.15, -0.1) is 0 Å². The number of carbonyl (C=O) groups is 1. The van der Waals surface area contributed by atoms with Crippen LogP contribution in [0.25, 0.3) is 10.9 Å².